The van der Waals surface area contributed by atoms with Crippen LogP contribution in [0.3, 0.4) is 0 Å². The van der Waals surface area contributed by atoms with E-state index in [0.29, 0.717) is 13.2 Å². The molecule has 2 N–H and O–H groups in total. The summed E-state index contributed by atoms with van der Waals surface area (Å²) in [5.41, 5.74) is 0. The van der Waals surface area contributed by atoms with E-state index in [1.54, 1.807) is 6.92 Å². The summed E-state index contributed by atoms with van der Waals surface area (Å²) < 4.78 is 4.91. The summed E-state index contributed by atoms with van der Waals surface area (Å²) in [6, 6.07) is -0.0404. The predicted molar refractivity (Wildman–Crippen MR) is 80.0 cm³/mol. The second-order valence-corrected chi connectivity index (χ2v) is 5.84. The molecular weight excluding hydrogens is 270 g/mol. The highest BCUT2D eigenvalue weighted by Gasteiger charge is 2.29. The number of rotatable bonds is 3. The summed E-state index contributed by atoms with van der Waals surface area (Å²) in [6.45, 7) is 4.46. The molecule has 2 unspecified atom stereocenters. The first-order valence-electron chi connectivity index (χ1n) is 8.16. The maximum atomic E-state index is 12.6. The molecule has 0 aromatic heterocycles. The SMILES string of the molecule is CCOC(=O)NC1CCCN(C(=O)C2CCCCCN2)C1. The number of hydrogen-bond donors (Lipinski definition) is 2. The third-order valence-corrected chi connectivity index (χ3v) is 4.19. The van der Waals surface area contributed by atoms with Gasteiger partial charge in [-0.2, -0.15) is 0 Å². The number of carbonyl (C=O) groups is 2. The van der Waals surface area contributed by atoms with E-state index in [2.05, 4.69) is 10.6 Å². The van der Waals surface area contributed by atoms with E-state index in [1.165, 1.54) is 6.42 Å². The van der Waals surface area contributed by atoms with Crippen LogP contribution in [0.2, 0.25) is 0 Å². The highest BCUT2D eigenvalue weighted by atomic mass is 16.5. The summed E-state index contributed by atoms with van der Waals surface area (Å²) >= 11 is 0. The zero-order valence-electron chi connectivity index (χ0n) is 12.9. The summed E-state index contributed by atoms with van der Waals surface area (Å²) in [5.74, 6) is 0.187. The molecule has 2 saturated heterocycles. The van der Waals surface area contributed by atoms with Crippen molar-refractivity contribution in [1.29, 1.82) is 0 Å². The lowest BCUT2D eigenvalue weighted by atomic mass is 10.0. The molecule has 2 amide bonds. The maximum absolute atomic E-state index is 12.6. The van der Waals surface area contributed by atoms with Crippen LogP contribution in [0.25, 0.3) is 0 Å². The molecule has 0 spiro atoms. The van der Waals surface area contributed by atoms with Gasteiger partial charge in [0, 0.05) is 19.1 Å². The molecule has 0 aliphatic carbocycles. The van der Waals surface area contributed by atoms with Crippen LogP contribution >= 0.6 is 0 Å². The minimum absolute atomic E-state index is 0.00697. The molecule has 0 aromatic rings. The Bertz CT molecular complexity index is 354. The quantitative estimate of drug-likeness (QED) is 0.822. The molecule has 6 heteroatoms. The zero-order valence-corrected chi connectivity index (χ0v) is 12.9. The van der Waals surface area contributed by atoms with Crippen molar-refractivity contribution in [2.45, 2.75) is 57.5 Å². The standard InChI is InChI=1S/C15H27N3O3/c1-2-21-15(20)17-12-7-6-10-18(11-12)14(19)13-8-4-3-5-9-16-13/h12-13,16H,2-11H2,1H3,(H,17,20). The first-order valence-corrected chi connectivity index (χ1v) is 8.16. The smallest absolute Gasteiger partial charge is 0.407 e. The Morgan fingerprint density at radius 2 is 2.10 bits per heavy atom. The summed E-state index contributed by atoms with van der Waals surface area (Å²) in [6.07, 6.45) is 5.83. The van der Waals surface area contributed by atoms with Crippen LogP contribution in [0, 0.1) is 0 Å². The molecule has 0 saturated carbocycles. The van der Waals surface area contributed by atoms with E-state index in [1.807, 2.05) is 4.90 Å². The van der Waals surface area contributed by atoms with Crippen molar-refractivity contribution in [1.82, 2.24) is 15.5 Å². The van der Waals surface area contributed by atoms with Crippen LogP contribution in [-0.2, 0) is 9.53 Å². The lowest BCUT2D eigenvalue weighted by Crippen LogP contribution is -2.54. The molecule has 2 aliphatic heterocycles. The fourth-order valence-electron chi connectivity index (χ4n) is 3.09. The van der Waals surface area contributed by atoms with Crippen LogP contribution in [-0.4, -0.2) is 55.2 Å². The number of likely N-dealkylation sites (tertiary alicyclic amines) is 1. The van der Waals surface area contributed by atoms with Crippen molar-refractivity contribution in [2.24, 2.45) is 0 Å². The van der Waals surface area contributed by atoms with E-state index >= 15 is 0 Å². The molecular formula is C15H27N3O3. The minimum atomic E-state index is -0.385. The van der Waals surface area contributed by atoms with Crippen LogP contribution in [0.1, 0.15) is 45.4 Å². The van der Waals surface area contributed by atoms with E-state index < -0.39 is 0 Å². The van der Waals surface area contributed by atoms with Gasteiger partial charge in [-0.15, -0.1) is 0 Å². The second kappa shape index (κ2) is 8.22. The Morgan fingerprint density at radius 1 is 1.24 bits per heavy atom. The number of nitrogens with zero attached hydrogens (tertiary/aromatic N) is 1. The molecule has 2 fully saturated rings. The Labute approximate surface area is 126 Å². The largest absolute Gasteiger partial charge is 0.450 e. The number of piperidine rings is 1. The molecule has 6 nitrogen and oxygen atoms in total. The monoisotopic (exact) mass is 297 g/mol. The number of ether oxygens (including phenoxy) is 1. The molecule has 2 atom stereocenters. The number of carbonyl (C=O) groups excluding carboxylic acids is 2. The van der Waals surface area contributed by atoms with Gasteiger partial charge in [0.1, 0.15) is 0 Å². The van der Waals surface area contributed by atoms with Crippen molar-refractivity contribution in [3.05, 3.63) is 0 Å². The van der Waals surface area contributed by atoms with Gasteiger partial charge in [0.15, 0.2) is 0 Å². The molecule has 120 valence electrons. The van der Waals surface area contributed by atoms with Crippen molar-refractivity contribution in [2.75, 3.05) is 26.2 Å². The third kappa shape index (κ3) is 4.88. The number of amides is 2. The lowest BCUT2D eigenvalue weighted by Gasteiger charge is -2.35. The van der Waals surface area contributed by atoms with Gasteiger partial charge in [-0.25, -0.2) is 4.79 Å². The maximum Gasteiger partial charge on any atom is 0.407 e. The second-order valence-electron chi connectivity index (χ2n) is 5.84. The number of nitrogens with one attached hydrogen (secondary N) is 2. The number of hydrogen-bond acceptors (Lipinski definition) is 4. The van der Waals surface area contributed by atoms with Gasteiger partial charge in [0.2, 0.25) is 5.91 Å². The normalized spacial score (nSPS) is 26.8. The molecule has 0 bridgehead atoms. The third-order valence-electron chi connectivity index (χ3n) is 4.19. The van der Waals surface area contributed by atoms with Crippen LogP contribution in [0.15, 0.2) is 0 Å². The highest BCUT2D eigenvalue weighted by Crippen LogP contribution is 2.15. The topological polar surface area (TPSA) is 70.7 Å². The Hall–Kier alpha value is -1.30. The van der Waals surface area contributed by atoms with E-state index in [9.17, 15) is 9.59 Å². The van der Waals surface area contributed by atoms with Crippen molar-refractivity contribution in [3.8, 4) is 0 Å². The zero-order chi connectivity index (χ0) is 15.1. The van der Waals surface area contributed by atoms with Gasteiger partial charge in [-0.05, 0) is 39.2 Å². The van der Waals surface area contributed by atoms with Crippen molar-refractivity contribution in [3.63, 3.8) is 0 Å². The van der Waals surface area contributed by atoms with Gasteiger partial charge in [-0.1, -0.05) is 12.8 Å². The Balaban J connectivity index is 1.84. The van der Waals surface area contributed by atoms with Gasteiger partial charge < -0.3 is 20.3 Å². The molecule has 0 aromatic carbocycles. The first-order chi connectivity index (χ1) is 10.2. The van der Waals surface area contributed by atoms with Crippen LogP contribution in [0.4, 0.5) is 4.79 Å². The lowest BCUT2D eigenvalue weighted by molar-refractivity contribution is -0.134. The molecule has 21 heavy (non-hydrogen) atoms. The fourth-order valence-corrected chi connectivity index (χ4v) is 3.09. The Morgan fingerprint density at radius 3 is 2.90 bits per heavy atom. The summed E-state index contributed by atoms with van der Waals surface area (Å²) in [7, 11) is 0. The van der Waals surface area contributed by atoms with Crippen LogP contribution in [0.5, 0.6) is 0 Å². The van der Waals surface area contributed by atoms with Crippen molar-refractivity contribution >= 4 is 12.0 Å². The number of alkyl carbamates (subject to hydrolysis) is 1. The molecule has 0 radical (unpaired) electrons. The fraction of sp³-hybridized carbons (Fsp3) is 0.867. The van der Waals surface area contributed by atoms with E-state index in [4.69, 9.17) is 4.74 Å². The predicted octanol–water partition coefficient (Wildman–Crippen LogP) is 1.26. The molecule has 2 aliphatic rings. The van der Waals surface area contributed by atoms with Gasteiger partial charge in [0.25, 0.3) is 0 Å². The minimum Gasteiger partial charge on any atom is -0.450 e. The summed E-state index contributed by atoms with van der Waals surface area (Å²) in [5, 5.41) is 6.20. The average Bonchev–Trinajstić information content (AvgIpc) is 2.76. The highest BCUT2D eigenvalue weighted by molar-refractivity contribution is 5.82. The Kier molecular flexibility index (Phi) is 6.29. The molecule has 2 rings (SSSR count). The molecule has 2 heterocycles. The van der Waals surface area contributed by atoms with E-state index in [0.717, 1.165) is 45.2 Å². The first kappa shape index (κ1) is 16.1. The van der Waals surface area contributed by atoms with Gasteiger partial charge >= 0.3 is 6.09 Å². The average molecular weight is 297 g/mol. The van der Waals surface area contributed by atoms with Crippen molar-refractivity contribution < 1.29 is 14.3 Å². The summed E-state index contributed by atoms with van der Waals surface area (Å²) in [4.78, 5) is 26.0. The van der Waals surface area contributed by atoms with Crippen LogP contribution < -0.4 is 10.6 Å². The van der Waals surface area contributed by atoms with Gasteiger partial charge in [0.05, 0.1) is 12.6 Å². The van der Waals surface area contributed by atoms with E-state index in [-0.39, 0.29) is 24.1 Å². The van der Waals surface area contributed by atoms with Gasteiger partial charge in [-0.3, -0.25) is 4.79 Å².